The number of carbonyl (C=O) groups excluding carboxylic acids is 1. The van der Waals surface area contributed by atoms with Gasteiger partial charge in [-0.05, 0) is 23.1 Å². The van der Waals surface area contributed by atoms with E-state index in [9.17, 15) is 4.79 Å². The third kappa shape index (κ3) is 2.50. The summed E-state index contributed by atoms with van der Waals surface area (Å²) >= 11 is 1.49. The average molecular weight is 235 g/mol. The first-order chi connectivity index (χ1) is 7.77. The minimum Gasteiger partial charge on any atom is -0.367 e. The van der Waals surface area contributed by atoms with Crippen LogP contribution in [0.4, 0.5) is 0 Å². The predicted octanol–water partition coefficient (Wildman–Crippen LogP) is 1.39. The molecule has 0 aromatic carbocycles. The molecule has 2 rings (SSSR count). The van der Waals surface area contributed by atoms with E-state index < -0.39 is 6.04 Å². The van der Waals surface area contributed by atoms with Crippen LogP contribution in [-0.4, -0.2) is 10.9 Å². The molecule has 1 unspecified atom stereocenters. The summed E-state index contributed by atoms with van der Waals surface area (Å²) < 4.78 is 0. The van der Waals surface area contributed by atoms with Crippen molar-refractivity contribution in [3.05, 3.63) is 46.4 Å². The number of nitrogens with two attached hydrogens (primary N) is 1. The lowest BCUT2D eigenvalue weighted by atomic mass is 10.2. The Bertz CT molecular complexity index is 436. The number of carbonyl (C=O) groups is 1. The maximum Gasteiger partial charge on any atom is 0.242 e. The Hall–Kier alpha value is -1.59. The fraction of sp³-hybridized carbons (Fsp3) is 0.182. The van der Waals surface area contributed by atoms with Crippen LogP contribution in [0.1, 0.15) is 16.5 Å². The molecule has 2 aromatic rings. The van der Waals surface area contributed by atoms with Crippen molar-refractivity contribution < 1.29 is 4.79 Å². The fourth-order valence-corrected chi connectivity index (χ4v) is 2.09. The first-order valence-electron chi connectivity index (χ1n) is 4.96. The normalized spacial score (nSPS) is 12.3. The maximum absolute atomic E-state index is 11.7. The molecule has 1 atom stereocenters. The third-order valence-electron chi connectivity index (χ3n) is 2.26. The molecule has 0 bridgehead atoms. The largest absolute Gasteiger partial charge is 0.367 e. The number of H-pyrrole nitrogens is 1. The lowest BCUT2D eigenvalue weighted by Gasteiger charge is -2.09. The number of thiophene rings is 1. The molecule has 16 heavy (non-hydrogen) atoms. The van der Waals surface area contributed by atoms with E-state index in [1.165, 1.54) is 11.3 Å². The monoisotopic (exact) mass is 235 g/mol. The molecule has 0 aliphatic carbocycles. The van der Waals surface area contributed by atoms with Crippen LogP contribution in [0.2, 0.25) is 0 Å². The van der Waals surface area contributed by atoms with Gasteiger partial charge in [0.05, 0.1) is 0 Å². The second kappa shape index (κ2) is 4.96. The average Bonchev–Trinajstić information content (AvgIpc) is 2.96. The zero-order valence-corrected chi connectivity index (χ0v) is 9.46. The van der Waals surface area contributed by atoms with Gasteiger partial charge >= 0.3 is 0 Å². The molecule has 0 aliphatic heterocycles. The van der Waals surface area contributed by atoms with Crippen LogP contribution in [0, 0.1) is 0 Å². The zero-order valence-electron chi connectivity index (χ0n) is 8.64. The van der Waals surface area contributed by atoms with Crippen molar-refractivity contribution in [2.45, 2.75) is 12.6 Å². The van der Waals surface area contributed by atoms with E-state index in [-0.39, 0.29) is 5.91 Å². The second-order valence-electron chi connectivity index (χ2n) is 3.43. The van der Waals surface area contributed by atoms with E-state index >= 15 is 0 Å². The maximum atomic E-state index is 11.7. The molecule has 4 N–H and O–H groups in total. The van der Waals surface area contributed by atoms with Crippen LogP contribution in [0.25, 0.3) is 0 Å². The Morgan fingerprint density at radius 2 is 2.44 bits per heavy atom. The Morgan fingerprint density at radius 1 is 1.56 bits per heavy atom. The van der Waals surface area contributed by atoms with E-state index in [0.29, 0.717) is 6.54 Å². The van der Waals surface area contributed by atoms with Gasteiger partial charge in [0.15, 0.2) is 0 Å². The van der Waals surface area contributed by atoms with E-state index in [4.69, 9.17) is 5.73 Å². The van der Waals surface area contributed by atoms with Crippen molar-refractivity contribution >= 4 is 17.2 Å². The fourth-order valence-electron chi connectivity index (χ4n) is 1.36. The van der Waals surface area contributed by atoms with Crippen LogP contribution in [0.3, 0.4) is 0 Å². The molecule has 0 radical (unpaired) electrons. The molecule has 2 aromatic heterocycles. The van der Waals surface area contributed by atoms with Crippen molar-refractivity contribution in [1.82, 2.24) is 10.3 Å². The van der Waals surface area contributed by atoms with Crippen molar-refractivity contribution in [3.8, 4) is 0 Å². The van der Waals surface area contributed by atoms with Crippen molar-refractivity contribution in [2.75, 3.05) is 0 Å². The molecule has 4 nitrogen and oxygen atoms in total. The highest BCUT2D eigenvalue weighted by Crippen LogP contribution is 2.16. The Labute approximate surface area is 97.5 Å². The molecule has 1 amide bonds. The summed E-state index contributed by atoms with van der Waals surface area (Å²) in [5.41, 5.74) is 6.85. The van der Waals surface area contributed by atoms with E-state index in [1.54, 1.807) is 0 Å². The number of amides is 1. The highest BCUT2D eigenvalue weighted by atomic mass is 32.1. The van der Waals surface area contributed by atoms with Gasteiger partial charge in [-0.2, -0.15) is 0 Å². The highest BCUT2D eigenvalue weighted by Gasteiger charge is 2.15. The second-order valence-corrected chi connectivity index (χ2v) is 4.41. The molecule has 0 fully saturated rings. The topological polar surface area (TPSA) is 70.9 Å². The lowest BCUT2D eigenvalue weighted by Crippen LogP contribution is -2.33. The molecule has 5 heteroatoms. The predicted molar refractivity (Wildman–Crippen MR) is 63.9 cm³/mol. The zero-order chi connectivity index (χ0) is 11.4. The minimum atomic E-state index is -0.570. The summed E-state index contributed by atoms with van der Waals surface area (Å²) in [6, 6.07) is 5.10. The quantitative estimate of drug-likeness (QED) is 0.749. The van der Waals surface area contributed by atoms with Gasteiger partial charge in [-0.1, -0.05) is 6.07 Å². The van der Waals surface area contributed by atoms with Crippen LogP contribution in [0.15, 0.2) is 36.0 Å². The van der Waals surface area contributed by atoms with Gasteiger partial charge in [-0.15, -0.1) is 11.3 Å². The summed E-state index contributed by atoms with van der Waals surface area (Å²) in [7, 11) is 0. The minimum absolute atomic E-state index is 0.149. The van der Waals surface area contributed by atoms with Crippen molar-refractivity contribution in [1.29, 1.82) is 0 Å². The van der Waals surface area contributed by atoms with Crippen molar-refractivity contribution in [2.24, 2.45) is 5.73 Å². The Balaban J connectivity index is 1.89. The summed E-state index contributed by atoms with van der Waals surface area (Å²) in [5, 5.41) is 4.71. The summed E-state index contributed by atoms with van der Waals surface area (Å²) in [5.74, 6) is -0.149. The number of hydrogen-bond donors (Lipinski definition) is 3. The van der Waals surface area contributed by atoms with Gasteiger partial charge < -0.3 is 16.0 Å². The van der Waals surface area contributed by atoms with Crippen LogP contribution >= 0.6 is 11.3 Å². The summed E-state index contributed by atoms with van der Waals surface area (Å²) in [4.78, 5) is 15.5. The standard InChI is InChI=1S/C11H13N3OS/c12-10(9-2-1-5-16-9)11(15)14-7-8-3-4-13-6-8/h1-6,10,13H,7,12H2,(H,14,15). The van der Waals surface area contributed by atoms with Gasteiger partial charge in [-0.25, -0.2) is 0 Å². The summed E-state index contributed by atoms with van der Waals surface area (Å²) in [6.07, 6.45) is 3.66. The molecule has 84 valence electrons. The first-order valence-corrected chi connectivity index (χ1v) is 5.83. The van der Waals surface area contributed by atoms with Gasteiger partial charge in [0, 0.05) is 23.8 Å². The van der Waals surface area contributed by atoms with Gasteiger partial charge in [0.2, 0.25) is 5.91 Å². The van der Waals surface area contributed by atoms with Gasteiger partial charge in [0.25, 0.3) is 0 Å². The number of nitrogens with one attached hydrogen (secondary N) is 2. The van der Waals surface area contributed by atoms with Crippen LogP contribution in [-0.2, 0) is 11.3 Å². The first kappa shape index (κ1) is 10.9. The molecule has 0 aliphatic rings. The van der Waals surface area contributed by atoms with E-state index in [1.807, 2.05) is 36.0 Å². The Morgan fingerprint density at radius 3 is 3.06 bits per heavy atom. The van der Waals surface area contributed by atoms with Crippen LogP contribution in [0.5, 0.6) is 0 Å². The molecule has 0 saturated carbocycles. The molecule has 2 heterocycles. The smallest absolute Gasteiger partial charge is 0.242 e. The number of hydrogen-bond acceptors (Lipinski definition) is 3. The van der Waals surface area contributed by atoms with E-state index in [2.05, 4.69) is 10.3 Å². The number of aromatic nitrogens is 1. The van der Waals surface area contributed by atoms with E-state index in [0.717, 1.165) is 10.4 Å². The van der Waals surface area contributed by atoms with Gasteiger partial charge in [-0.3, -0.25) is 4.79 Å². The molecule has 0 saturated heterocycles. The Kier molecular flexibility index (Phi) is 3.38. The third-order valence-corrected chi connectivity index (χ3v) is 3.22. The highest BCUT2D eigenvalue weighted by molar-refractivity contribution is 7.10. The van der Waals surface area contributed by atoms with Crippen LogP contribution < -0.4 is 11.1 Å². The molecule has 0 spiro atoms. The molecular weight excluding hydrogens is 222 g/mol. The summed E-state index contributed by atoms with van der Waals surface area (Å²) in [6.45, 7) is 0.501. The number of rotatable bonds is 4. The SMILES string of the molecule is NC(C(=O)NCc1cc[nH]c1)c1cccs1. The molecular formula is C11H13N3OS. The lowest BCUT2D eigenvalue weighted by molar-refractivity contribution is -0.122. The van der Waals surface area contributed by atoms with Gasteiger partial charge in [0.1, 0.15) is 6.04 Å². The van der Waals surface area contributed by atoms with Crippen molar-refractivity contribution in [3.63, 3.8) is 0 Å². The number of aromatic amines is 1.